The maximum Gasteiger partial charge on any atom is 0.239 e. The average Bonchev–Trinajstić information content (AvgIpc) is 2.92. The molecule has 0 aliphatic heterocycles. The molecule has 2 heterocycles. The number of aromatic nitrogens is 1. The normalized spacial score (nSPS) is 17.6. The maximum atomic E-state index is 5.86. The highest BCUT2D eigenvalue weighted by Gasteiger charge is 2.21. The van der Waals surface area contributed by atoms with Crippen LogP contribution in [0.4, 0.5) is 11.5 Å². The molecule has 20 heavy (non-hydrogen) atoms. The Morgan fingerprint density at radius 3 is 3.20 bits per heavy atom. The molecule has 1 aliphatic carbocycles. The number of nitrogens with one attached hydrogen (secondary N) is 1. The largest absolute Gasteiger partial charge is 0.476 e. The zero-order chi connectivity index (χ0) is 13.9. The summed E-state index contributed by atoms with van der Waals surface area (Å²) in [5, 5.41) is 5.68. The molecule has 0 fully saturated rings. The SMILES string of the molecule is CCOc1nc(NC2CCCc3sccc32)ccc1N. The number of hydrogen-bond acceptors (Lipinski definition) is 5. The molecule has 0 aromatic carbocycles. The van der Waals surface area contributed by atoms with E-state index >= 15 is 0 Å². The smallest absolute Gasteiger partial charge is 0.239 e. The van der Waals surface area contributed by atoms with Gasteiger partial charge in [0.1, 0.15) is 5.82 Å². The lowest BCUT2D eigenvalue weighted by Gasteiger charge is -2.24. The molecule has 1 aliphatic rings. The molecule has 0 bridgehead atoms. The summed E-state index contributed by atoms with van der Waals surface area (Å²) in [5.74, 6) is 1.34. The van der Waals surface area contributed by atoms with Crippen molar-refractivity contribution in [3.05, 3.63) is 34.0 Å². The highest BCUT2D eigenvalue weighted by Crippen LogP contribution is 2.35. The summed E-state index contributed by atoms with van der Waals surface area (Å²) in [7, 11) is 0. The molecular formula is C15H19N3OS. The van der Waals surface area contributed by atoms with Gasteiger partial charge in [0, 0.05) is 4.88 Å². The van der Waals surface area contributed by atoms with Crippen molar-refractivity contribution in [2.75, 3.05) is 17.7 Å². The first kappa shape index (κ1) is 13.2. The highest BCUT2D eigenvalue weighted by molar-refractivity contribution is 7.10. The number of nitrogen functional groups attached to an aromatic ring is 1. The van der Waals surface area contributed by atoms with Crippen LogP contribution in [0.2, 0.25) is 0 Å². The predicted octanol–water partition coefficient (Wildman–Crippen LogP) is 3.61. The summed E-state index contributed by atoms with van der Waals surface area (Å²) in [6, 6.07) is 6.32. The fourth-order valence-corrected chi connectivity index (χ4v) is 3.59. The number of fused-ring (bicyclic) bond motifs is 1. The Bertz CT molecular complexity index is 597. The molecule has 2 aromatic rings. The summed E-state index contributed by atoms with van der Waals surface area (Å²) < 4.78 is 5.45. The fourth-order valence-electron chi connectivity index (χ4n) is 2.60. The van der Waals surface area contributed by atoms with E-state index in [0.29, 0.717) is 24.2 Å². The van der Waals surface area contributed by atoms with Crippen molar-refractivity contribution in [1.82, 2.24) is 4.98 Å². The molecule has 4 nitrogen and oxygen atoms in total. The highest BCUT2D eigenvalue weighted by atomic mass is 32.1. The molecule has 1 unspecified atom stereocenters. The minimum atomic E-state index is 0.343. The van der Waals surface area contributed by atoms with Crippen LogP contribution < -0.4 is 15.8 Å². The first-order valence-corrected chi connectivity index (χ1v) is 7.88. The van der Waals surface area contributed by atoms with Gasteiger partial charge in [-0.15, -0.1) is 11.3 Å². The monoisotopic (exact) mass is 289 g/mol. The van der Waals surface area contributed by atoms with Crippen molar-refractivity contribution in [2.24, 2.45) is 0 Å². The third kappa shape index (κ3) is 2.58. The molecule has 5 heteroatoms. The quantitative estimate of drug-likeness (QED) is 0.902. The second-order valence-electron chi connectivity index (χ2n) is 4.91. The van der Waals surface area contributed by atoms with Crippen LogP contribution in [-0.4, -0.2) is 11.6 Å². The van der Waals surface area contributed by atoms with Crippen molar-refractivity contribution in [2.45, 2.75) is 32.2 Å². The standard InChI is InChI=1S/C15H19N3OS/c1-2-19-15-11(16)6-7-14(18-15)17-12-4-3-5-13-10(12)8-9-20-13/h6-9,12H,2-5,16H2,1H3,(H,17,18). The molecule has 3 rings (SSSR count). The van der Waals surface area contributed by atoms with Gasteiger partial charge in [0.2, 0.25) is 5.88 Å². The van der Waals surface area contributed by atoms with Crippen LogP contribution in [0.1, 0.15) is 36.2 Å². The van der Waals surface area contributed by atoms with Crippen LogP contribution in [0.25, 0.3) is 0 Å². The van der Waals surface area contributed by atoms with Crippen molar-refractivity contribution in [3.63, 3.8) is 0 Å². The van der Waals surface area contributed by atoms with Gasteiger partial charge in [-0.2, -0.15) is 4.98 Å². The van der Waals surface area contributed by atoms with Gasteiger partial charge in [0.25, 0.3) is 0 Å². The fraction of sp³-hybridized carbons (Fsp3) is 0.400. The Labute approximate surface area is 123 Å². The number of hydrogen-bond donors (Lipinski definition) is 2. The van der Waals surface area contributed by atoms with Crippen LogP contribution in [0.3, 0.4) is 0 Å². The van der Waals surface area contributed by atoms with E-state index in [1.54, 1.807) is 0 Å². The Morgan fingerprint density at radius 1 is 1.45 bits per heavy atom. The van der Waals surface area contributed by atoms with E-state index in [1.807, 2.05) is 30.4 Å². The van der Waals surface area contributed by atoms with E-state index in [2.05, 4.69) is 21.7 Å². The minimum absolute atomic E-state index is 0.343. The molecule has 2 aromatic heterocycles. The van der Waals surface area contributed by atoms with Crippen LogP contribution in [0.5, 0.6) is 5.88 Å². The lowest BCUT2D eigenvalue weighted by Crippen LogP contribution is -2.16. The number of nitrogens with two attached hydrogens (primary N) is 1. The lowest BCUT2D eigenvalue weighted by atomic mass is 9.94. The van der Waals surface area contributed by atoms with E-state index in [1.165, 1.54) is 23.3 Å². The first-order chi connectivity index (χ1) is 9.78. The van der Waals surface area contributed by atoms with Crippen molar-refractivity contribution in [1.29, 1.82) is 0 Å². The second kappa shape index (κ2) is 5.71. The summed E-state index contributed by atoms with van der Waals surface area (Å²) in [6.07, 6.45) is 3.56. The third-order valence-corrected chi connectivity index (χ3v) is 4.54. The van der Waals surface area contributed by atoms with Crippen LogP contribution >= 0.6 is 11.3 Å². The summed E-state index contributed by atoms with van der Waals surface area (Å²) >= 11 is 1.85. The maximum absolute atomic E-state index is 5.86. The molecule has 1 atom stereocenters. The zero-order valence-electron chi connectivity index (χ0n) is 11.6. The molecule has 0 saturated carbocycles. The average molecular weight is 289 g/mol. The molecular weight excluding hydrogens is 270 g/mol. The van der Waals surface area contributed by atoms with Gasteiger partial charge >= 0.3 is 0 Å². The van der Waals surface area contributed by atoms with Gasteiger partial charge in [0.05, 0.1) is 18.3 Å². The Morgan fingerprint density at radius 2 is 2.35 bits per heavy atom. The Balaban J connectivity index is 1.81. The molecule has 3 N–H and O–H groups in total. The first-order valence-electron chi connectivity index (χ1n) is 7.00. The Kier molecular flexibility index (Phi) is 3.78. The van der Waals surface area contributed by atoms with Gasteiger partial charge in [-0.25, -0.2) is 0 Å². The van der Waals surface area contributed by atoms with Crippen LogP contribution in [0.15, 0.2) is 23.6 Å². The molecule has 0 saturated heterocycles. The van der Waals surface area contributed by atoms with E-state index in [0.717, 1.165) is 12.2 Å². The minimum Gasteiger partial charge on any atom is -0.476 e. The number of ether oxygens (including phenoxy) is 1. The van der Waals surface area contributed by atoms with Crippen molar-refractivity contribution in [3.8, 4) is 5.88 Å². The van der Waals surface area contributed by atoms with Crippen LogP contribution in [0, 0.1) is 0 Å². The summed E-state index contributed by atoms with van der Waals surface area (Å²) in [6.45, 7) is 2.50. The lowest BCUT2D eigenvalue weighted by molar-refractivity contribution is 0.329. The Hall–Kier alpha value is -1.75. The van der Waals surface area contributed by atoms with Gasteiger partial charge < -0.3 is 15.8 Å². The van der Waals surface area contributed by atoms with Gasteiger partial charge in [0.15, 0.2) is 0 Å². The molecule has 106 valence electrons. The molecule has 0 radical (unpaired) electrons. The van der Waals surface area contributed by atoms with Crippen LogP contribution in [-0.2, 0) is 6.42 Å². The third-order valence-electron chi connectivity index (χ3n) is 3.54. The van der Waals surface area contributed by atoms with Gasteiger partial charge in [-0.3, -0.25) is 0 Å². The number of pyridine rings is 1. The number of thiophene rings is 1. The van der Waals surface area contributed by atoms with E-state index in [9.17, 15) is 0 Å². The topological polar surface area (TPSA) is 60.2 Å². The summed E-state index contributed by atoms with van der Waals surface area (Å²) in [5.41, 5.74) is 7.85. The number of anilines is 2. The van der Waals surface area contributed by atoms with Gasteiger partial charge in [-0.05, 0) is 55.3 Å². The molecule has 0 spiro atoms. The number of nitrogens with zero attached hydrogens (tertiary/aromatic N) is 1. The van der Waals surface area contributed by atoms with Gasteiger partial charge in [-0.1, -0.05) is 0 Å². The van der Waals surface area contributed by atoms with Crippen molar-refractivity contribution < 1.29 is 4.74 Å². The zero-order valence-corrected chi connectivity index (χ0v) is 12.4. The predicted molar refractivity (Wildman–Crippen MR) is 83.4 cm³/mol. The number of aryl methyl sites for hydroxylation is 1. The number of rotatable bonds is 4. The summed E-state index contributed by atoms with van der Waals surface area (Å²) in [4.78, 5) is 5.95. The molecule has 0 amide bonds. The van der Waals surface area contributed by atoms with E-state index in [4.69, 9.17) is 10.5 Å². The van der Waals surface area contributed by atoms with E-state index in [-0.39, 0.29) is 0 Å². The van der Waals surface area contributed by atoms with E-state index < -0.39 is 0 Å². The second-order valence-corrected chi connectivity index (χ2v) is 5.91. The van der Waals surface area contributed by atoms with Crippen molar-refractivity contribution >= 4 is 22.8 Å².